The van der Waals surface area contributed by atoms with Crippen molar-refractivity contribution in [2.75, 3.05) is 20.1 Å². The maximum atomic E-state index is 11.9. The van der Waals surface area contributed by atoms with Gasteiger partial charge in [0.2, 0.25) is 0 Å². The van der Waals surface area contributed by atoms with Crippen LogP contribution in [0.15, 0.2) is 90.4 Å². The molecule has 1 amide bonds. The number of allylic oxidation sites excluding steroid dienone is 5. The van der Waals surface area contributed by atoms with Crippen LogP contribution in [0, 0.1) is 5.41 Å². The van der Waals surface area contributed by atoms with E-state index in [1.165, 1.54) is 17.1 Å². The molecule has 0 aromatic heterocycles. The second-order valence-electron chi connectivity index (χ2n) is 7.39. The van der Waals surface area contributed by atoms with E-state index >= 15 is 0 Å². The summed E-state index contributed by atoms with van der Waals surface area (Å²) in [7, 11) is 1.76. The highest BCUT2D eigenvalue weighted by atomic mass is 19.1. The third-order valence-corrected chi connectivity index (χ3v) is 4.62. The number of hydrogen-bond acceptors (Lipinski definition) is 6. The van der Waals surface area contributed by atoms with Crippen molar-refractivity contribution in [2.45, 2.75) is 13.5 Å². The number of fused-ring (bicyclic) bond motifs is 1. The van der Waals surface area contributed by atoms with E-state index in [2.05, 4.69) is 11.9 Å². The van der Waals surface area contributed by atoms with Crippen molar-refractivity contribution in [3.05, 3.63) is 96.0 Å². The molecular weight excluding hydrogens is 449 g/mol. The molecule has 0 atom stereocenters. The average Bonchev–Trinajstić information content (AvgIpc) is 2.84. The number of nitrogens with two attached hydrogens (primary N) is 1. The van der Waals surface area contributed by atoms with E-state index in [0.29, 0.717) is 30.6 Å². The first-order valence-corrected chi connectivity index (χ1v) is 10.7. The molecule has 35 heavy (non-hydrogen) atoms. The van der Waals surface area contributed by atoms with Crippen molar-refractivity contribution in [3.8, 4) is 0 Å². The number of nitrogens with zero attached hydrogens (tertiary/aromatic N) is 1. The van der Waals surface area contributed by atoms with Gasteiger partial charge in [0.15, 0.2) is 0 Å². The lowest BCUT2D eigenvalue weighted by Gasteiger charge is -2.23. The minimum absolute atomic E-state index is 0.101. The zero-order chi connectivity index (χ0) is 26.2. The number of hydrogen-bond donors (Lipinski definition) is 5. The summed E-state index contributed by atoms with van der Waals surface area (Å²) in [5, 5.41) is 22.1. The van der Waals surface area contributed by atoms with Gasteiger partial charge < -0.3 is 16.0 Å². The van der Waals surface area contributed by atoms with E-state index in [4.69, 9.17) is 16.4 Å². The van der Waals surface area contributed by atoms with Crippen LogP contribution in [0.1, 0.15) is 12.5 Å². The lowest BCUT2D eigenvalue weighted by Crippen LogP contribution is -2.38. The fourth-order valence-corrected chi connectivity index (χ4v) is 2.90. The number of carbonyl (C=O) groups is 2. The fraction of sp³-hybridized carbons (Fsp3) is 0.192. The molecule has 0 spiro atoms. The molecule has 0 unspecified atom stereocenters. The minimum Gasteiger partial charge on any atom is -0.401 e. The molecule has 2 aromatic carbocycles. The van der Waals surface area contributed by atoms with Crippen LogP contribution < -0.4 is 16.5 Å². The third kappa shape index (κ3) is 11.1. The Morgan fingerprint density at radius 1 is 1.23 bits per heavy atom. The molecule has 186 valence electrons. The Hall–Kier alpha value is -4.08. The van der Waals surface area contributed by atoms with Crippen LogP contribution in [-0.4, -0.2) is 48.3 Å². The van der Waals surface area contributed by atoms with Crippen molar-refractivity contribution in [3.63, 3.8) is 0 Å². The highest BCUT2D eigenvalue weighted by molar-refractivity contribution is 5.93. The summed E-state index contributed by atoms with van der Waals surface area (Å²) < 4.78 is 11.9. The average molecular weight is 482 g/mol. The topological polar surface area (TPSA) is 132 Å². The number of aldehydes is 1. The molecule has 0 saturated heterocycles. The second-order valence-corrected chi connectivity index (χ2v) is 7.39. The van der Waals surface area contributed by atoms with E-state index < -0.39 is 11.7 Å². The van der Waals surface area contributed by atoms with Gasteiger partial charge in [0.25, 0.3) is 5.91 Å². The number of halogens is 1. The first kappa shape index (κ1) is 29.0. The molecule has 2 rings (SSSR count). The maximum absolute atomic E-state index is 11.9. The number of likely N-dealkylation sites (N-methyl/N-ethyl adjacent to an activating group) is 1. The summed E-state index contributed by atoms with van der Waals surface area (Å²) >= 11 is 0. The van der Waals surface area contributed by atoms with Crippen molar-refractivity contribution < 1.29 is 19.2 Å². The fourth-order valence-electron chi connectivity index (χ4n) is 2.90. The van der Waals surface area contributed by atoms with Gasteiger partial charge in [0.05, 0.1) is 0 Å². The highest BCUT2D eigenvalue weighted by Gasteiger charge is 2.14. The van der Waals surface area contributed by atoms with Gasteiger partial charge in [-0.05, 0) is 48.5 Å². The predicted octanol–water partition coefficient (Wildman–Crippen LogP) is 3.36. The first-order valence-electron chi connectivity index (χ1n) is 10.7. The summed E-state index contributed by atoms with van der Waals surface area (Å²) in [6, 6.07) is 14.0. The van der Waals surface area contributed by atoms with Gasteiger partial charge in [-0.15, -0.1) is 0 Å². The van der Waals surface area contributed by atoms with E-state index in [1.54, 1.807) is 25.5 Å². The SMILES string of the molecule is C=C(F)/C=C\C(C=O)=C/C.CNC/C(N)=C/C(=N)N(CC(=O)NO)Cc1ccc2ccccc2c1. The molecule has 0 saturated carbocycles. The van der Waals surface area contributed by atoms with E-state index in [1.807, 2.05) is 42.5 Å². The largest absolute Gasteiger partial charge is 0.401 e. The standard InChI is InChI=1S/C18H23N5O2.C8H9FO/c1-21-10-16(19)9-17(20)23(12-18(24)22-25)11-13-6-7-14-4-2-3-5-15(14)8-13;1-3-8(6-10)5-4-7(2)9/h2-9,20-21,25H,10-12,19H2,1H3,(H,22,24);3-6H,2H2,1H3/b16-9-,20-17?;5-4-,8-3+. The van der Waals surface area contributed by atoms with Crippen LogP contribution in [0.3, 0.4) is 0 Å². The number of carbonyl (C=O) groups excluding carboxylic acids is 2. The number of amides is 1. The second kappa shape index (κ2) is 15.7. The number of rotatable bonds is 10. The molecule has 8 nitrogen and oxygen atoms in total. The summed E-state index contributed by atoms with van der Waals surface area (Å²) in [6.45, 7) is 5.35. The molecular formula is C26H32FN5O3. The number of benzene rings is 2. The molecule has 0 aliphatic carbocycles. The van der Waals surface area contributed by atoms with Crippen LogP contribution in [0.25, 0.3) is 10.8 Å². The number of hydroxylamine groups is 1. The Bertz CT molecular complexity index is 1120. The molecule has 0 radical (unpaired) electrons. The summed E-state index contributed by atoms with van der Waals surface area (Å²) in [4.78, 5) is 23.2. The molecule has 9 heteroatoms. The third-order valence-electron chi connectivity index (χ3n) is 4.62. The van der Waals surface area contributed by atoms with Crippen molar-refractivity contribution in [2.24, 2.45) is 5.73 Å². The van der Waals surface area contributed by atoms with Crippen LogP contribution in [0.4, 0.5) is 4.39 Å². The number of amidine groups is 1. The summed E-state index contributed by atoms with van der Waals surface area (Å²) in [5.74, 6) is -1.04. The minimum atomic E-state index is -0.592. The van der Waals surface area contributed by atoms with E-state index in [9.17, 15) is 14.0 Å². The predicted molar refractivity (Wildman–Crippen MR) is 137 cm³/mol. The zero-order valence-electron chi connectivity index (χ0n) is 19.9. The lowest BCUT2D eigenvalue weighted by atomic mass is 10.1. The van der Waals surface area contributed by atoms with Crippen molar-refractivity contribution in [1.29, 1.82) is 5.41 Å². The molecule has 2 aromatic rings. The maximum Gasteiger partial charge on any atom is 0.262 e. The lowest BCUT2D eigenvalue weighted by molar-refractivity contribution is -0.129. The molecule has 0 aliphatic heterocycles. The Kier molecular flexibility index (Phi) is 13.0. The smallest absolute Gasteiger partial charge is 0.262 e. The molecule has 0 bridgehead atoms. The summed E-state index contributed by atoms with van der Waals surface area (Å²) in [5.41, 5.74) is 9.32. The highest BCUT2D eigenvalue weighted by Crippen LogP contribution is 2.17. The van der Waals surface area contributed by atoms with Crippen LogP contribution in [0.5, 0.6) is 0 Å². The Morgan fingerprint density at radius 2 is 1.91 bits per heavy atom. The van der Waals surface area contributed by atoms with Crippen molar-refractivity contribution >= 4 is 28.8 Å². The van der Waals surface area contributed by atoms with Gasteiger partial charge in [0.1, 0.15) is 24.5 Å². The van der Waals surface area contributed by atoms with Gasteiger partial charge in [0, 0.05) is 30.4 Å². The van der Waals surface area contributed by atoms with Gasteiger partial charge >= 0.3 is 0 Å². The van der Waals surface area contributed by atoms with Crippen LogP contribution >= 0.6 is 0 Å². The van der Waals surface area contributed by atoms with Gasteiger partial charge in [-0.1, -0.05) is 49.1 Å². The molecule has 0 fully saturated rings. The van der Waals surface area contributed by atoms with Crippen LogP contribution in [-0.2, 0) is 16.1 Å². The summed E-state index contributed by atoms with van der Waals surface area (Å²) in [6.07, 6.45) is 6.26. The zero-order valence-corrected chi connectivity index (χ0v) is 19.9. The molecule has 0 aliphatic rings. The van der Waals surface area contributed by atoms with Gasteiger partial charge in [-0.2, -0.15) is 0 Å². The Morgan fingerprint density at radius 3 is 2.49 bits per heavy atom. The van der Waals surface area contributed by atoms with Crippen molar-refractivity contribution in [1.82, 2.24) is 15.7 Å². The molecule has 0 heterocycles. The monoisotopic (exact) mass is 481 g/mol. The van der Waals surface area contributed by atoms with E-state index in [0.717, 1.165) is 22.4 Å². The molecule has 6 N–H and O–H groups in total. The first-order chi connectivity index (χ1) is 16.7. The van der Waals surface area contributed by atoms with Crippen LogP contribution in [0.2, 0.25) is 0 Å². The Labute approximate surface area is 204 Å². The van der Waals surface area contributed by atoms with E-state index in [-0.39, 0.29) is 12.4 Å². The van der Waals surface area contributed by atoms with Gasteiger partial charge in [-0.3, -0.25) is 20.2 Å². The quantitative estimate of drug-likeness (QED) is 0.0673. The normalized spacial score (nSPS) is 11.5. The Balaban J connectivity index is 0.000000518. The van der Waals surface area contributed by atoms with Gasteiger partial charge in [-0.25, -0.2) is 9.87 Å². The number of nitrogens with one attached hydrogen (secondary N) is 3.